The van der Waals surface area contributed by atoms with Gasteiger partial charge in [0.1, 0.15) is 0 Å². The van der Waals surface area contributed by atoms with Crippen molar-refractivity contribution in [3.63, 3.8) is 0 Å². The summed E-state index contributed by atoms with van der Waals surface area (Å²) >= 11 is 0. The molecule has 1 aliphatic rings. The Hall–Kier alpha value is -1.06. The molecule has 1 atom stereocenters. The molecule has 1 heterocycles. The molecule has 13 heavy (non-hydrogen) atoms. The molecule has 1 aliphatic heterocycles. The first-order valence-corrected chi connectivity index (χ1v) is 4.53. The zero-order valence-electron chi connectivity index (χ0n) is 7.49. The number of rotatable bonds is 1. The second kappa shape index (κ2) is 3.77. The van der Waals surface area contributed by atoms with Crippen molar-refractivity contribution in [2.75, 3.05) is 25.5 Å². The number of nitrogens with two attached hydrogens (primary N) is 1. The van der Waals surface area contributed by atoms with E-state index in [-0.39, 0.29) is 6.04 Å². The van der Waals surface area contributed by atoms with Crippen LogP contribution in [0.5, 0.6) is 0 Å². The second-order valence-corrected chi connectivity index (χ2v) is 3.21. The van der Waals surface area contributed by atoms with Crippen molar-refractivity contribution in [3.05, 3.63) is 29.8 Å². The molecule has 1 unspecified atom stereocenters. The molecule has 0 radical (unpaired) electrons. The summed E-state index contributed by atoms with van der Waals surface area (Å²) in [4.78, 5) is 0. The van der Waals surface area contributed by atoms with Crippen molar-refractivity contribution in [3.8, 4) is 0 Å². The first kappa shape index (κ1) is 8.53. The minimum Gasteiger partial charge on any atom is -0.398 e. The van der Waals surface area contributed by atoms with E-state index in [2.05, 4.69) is 5.32 Å². The molecule has 1 fully saturated rings. The van der Waals surface area contributed by atoms with Gasteiger partial charge in [-0.3, -0.25) is 0 Å². The monoisotopic (exact) mass is 178 g/mol. The number of morpholine rings is 1. The highest BCUT2D eigenvalue weighted by Crippen LogP contribution is 2.21. The van der Waals surface area contributed by atoms with Crippen LogP contribution >= 0.6 is 0 Å². The van der Waals surface area contributed by atoms with Gasteiger partial charge >= 0.3 is 0 Å². The lowest BCUT2D eigenvalue weighted by atomic mass is 10.1. The van der Waals surface area contributed by atoms with Crippen LogP contribution in [0.3, 0.4) is 0 Å². The summed E-state index contributed by atoms with van der Waals surface area (Å²) in [6.45, 7) is 2.41. The second-order valence-electron chi connectivity index (χ2n) is 3.21. The molecule has 0 saturated carbocycles. The van der Waals surface area contributed by atoms with Crippen molar-refractivity contribution in [1.82, 2.24) is 5.32 Å². The van der Waals surface area contributed by atoms with E-state index >= 15 is 0 Å². The van der Waals surface area contributed by atoms with Crippen LogP contribution in [0.4, 0.5) is 5.69 Å². The Balaban J connectivity index is 2.18. The SMILES string of the molecule is Nc1ccccc1C1COCCN1. The number of ether oxygens (including phenoxy) is 1. The highest BCUT2D eigenvalue weighted by molar-refractivity contribution is 5.48. The number of benzene rings is 1. The minimum absolute atomic E-state index is 0.259. The standard InChI is InChI=1S/C10H14N2O/c11-9-4-2-1-3-8(9)10-7-13-6-5-12-10/h1-4,10,12H,5-7,11H2. The van der Waals surface area contributed by atoms with Crippen LogP contribution in [-0.4, -0.2) is 19.8 Å². The van der Waals surface area contributed by atoms with Gasteiger partial charge in [-0.15, -0.1) is 0 Å². The molecule has 3 heteroatoms. The maximum Gasteiger partial charge on any atom is 0.0662 e. The third-order valence-electron chi connectivity index (χ3n) is 2.29. The van der Waals surface area contributed by atoms with Gasteiger partial charge in [0.2, 0.25) is 0 Å². The molecule has 0 aliphatic carbocycles. The summed E-state index contributed by atoms with van der Waals surface area (Å²) in [5, 5.41) is 3.37. The molecule has 0 bridgehead atoms. The molecule has 1 aromatic rings. The van der Waals surface area contributed by atoms with Crippen LogP contribution in [0.15, 0.2) is 24.3 Å². The van der Waals surface area contributed by atoms with Crippen LogP contribution in [0.25, 0.3) is 0 Å². The van der Waals surface area contributed by atoms with E-state index in [4.69, 9.17) is 10.5 Å². The van der Waals surface area contributed by atoms with Gasteiger partial charge in [0.15, 0.2) is 0 Å². The zero-order valence-corrected chi connectivity index (χ0v) is 7.49. The summed E-state index contributed by atoms with van der Waals surface area (Å²) in [5.74, 6) is 0. The van der Waals surface area contributed by atoms with Crippen LogP contribution < -0.4 is 11.1 Å². The molecular weight excluding hydrogens is 164 g/mol. The van der Waals surface area contributed by atoms with Crippen LogP contribution in [0, 0.1) is 0 Å². The van der Waals surface area contributed by atoms with Gasteiger partial charge < -0.3 is 15.8 Å². The van der Waals surface area contributed by atoms with Gasteiger partial charge in [-0.25, -0.2) is 0 Å². The van der Waals surface area contributed by atoms with E-state index in [1.165, 1.54) is 0 Å². The van der Waals surface area contributed by atoms with Gasteiger partial charge in [-0.2, -0.15) is 0 Å². The first-order chi connectivity index (χ1) is 6.38. The lowest BCUT2D eigenvalue weighted by Crippen LogP contribution is -2.34. The van der Waals surface area contributed by atoms with Gasteiger partial charge in [0, 0.05) is 12.2 Å². The molecule has 2 rings (SSSR count). The van der Waals surface area contributed by atoms with E-state index in [1.54, 1.807) is 0 Å². The summed E-state index contributed by atoms with van der Waals surface area (Å²) in [7, 11) is 0. The van der Waals surface area contributed by atoms with Crippen LogP contribution in [0.1, 0.15) is 11.6 Å². The number of hydrogen-bond donors (Lipinski definition) is 2. The highest BCUT2D eigenvalue weighted by atomic mass is 16.5. The molecular formula is C10H14N2O. The Labute approximate surface area is 77.9 Å². The lowest BCUT2D eigenvalue weighted by molar-refractivity contribution is 0.0771. The molecule has 3 nitrogen and oxygen atoms in total. The summed E-state index contributed by atoms with van der Waals surface area (Å²) in [6, 6.07) is 8.17. The Morgan fingerprint density at radius 2 is 2.23 bits per heavy atom. The van der Waals surface area contributed by atoms with Crippen LogP contribution in [-0.2, 0) is 4.74 Å². The van der Waals surface area contributed by atoms with Gasteiger partial charge in [-0.1, -0.05) is 18.2 Å². The number of para-hydroxylation sites is 1. The van der Waals surface area contributed by atoms with Crippen molar-refractivity contribution in [1.29, 1.82) is 0 Å². The van der Waals surface area contributed by atoms with Gasteiger partial charge in [-0.05, 0) is 11.6 Å². The van der Waals surface area contributed by atoms with Crippen LogP contribution in [0.2, 0.25) is 0 Å². The van der Waals surface area contributed by atoms with Gasteiger partial charge in [0.25, 0.3) is 0 Å². The normalized spacial score (nSPS) is 22.9. The number of nitrogen functional groups attached to an aromatic ring is 1. The molecule has 70 valence electrons. The molecule has 3 N–H and O–H groups in total. The lowest BCUT2D eigenvalue weighted by Gasteiger charge is -2.25. The predicted molar refractivity (Wildman–Crippen MR) is 52.4 cm³/mol. The quantitative estimate of drug-likeness (QED) is 0.629. The number of nitrogens with one attached hydrogen (secondary N) is 1. The Bertz CT molecular complexity index is 282. The van der Waals surface area contributed by atoms with E-state index in [9.17, 15) is 0 Å². The summed E-state index contributed by atoms with van der Waals surface area (Å²) in [6.07, 6.45) is 0. The third-order valence-corrected chi connectivity index (χ3v) is 2.29. The molecule has 1 saturated heterocycles. The smallest absolute Gasteiger partial charge is 0.0662 e. The largest absolute Gasteiger partial charge is 0.398 e. The van der Waals surface area contributed by atoms with Crippen molar-refractivity contribution < 1.29 is 4.74 Å². The molecule has 0 aromatic heterocycles. The first-order valence-electron chi connectivity index (χ1n) is 4.53. The zero-order chi connectivity index (χ0) is 9.10. The number of anilines is 1. The molecule has 1 aromatic carbocycles. The fourth-order valence-corrected chi connectivity index (χ4v) is 1.59. The predicted octanol–water partition coefficient (Wildman–Crippen LogP) is 0.930. The Kier molecular flexibility index (Phi) is 2.47. The highest BCUT2D eigenvalue weighted by Gasteiger charge is 2.16. The fourth-order valence-electron chi connectivity index (χ4n) is 1.59. The summed E-state index contributed by atoms with van der Waals surface area (Å²) < 4.78 is 5.37. The molecule has 0 amide bonds. The van der Waals surface area contributed by atoms with Crippen molar-refractivity contribution in [2.24, 2.45) is 0 Å². The molecule has 0 spiro atoms. The topological polar surface area (TPSA) is 47.3 Å². The fraction of sp³-hybridized carbons (Fsp3) is 0.400. The maximum atomic E-state index is 5.86. The average molecular weight is 178 g/mol. The van der Waals surface area contributed by atoms with Gasteiger partial charge in [0.05, 0.1) is 19.3 Å². The van der Waals surface area contributed by atoms with Crippen molar-refractivity contribution in [2.45, 2.75) is 6.04 Å². The Morgan fingerprint density at radius 3 is 2.92 bits per heavy atom. The van der Waals surface area contributed by atoms with E-state index in [1.807, 2.05) is 24.3 Å². The Morgan fingerprint density at radius 1 is 1.38 bits per heavy atom. The van der Waals surface area contributed by atoms with E-state index < -0.39 is 0 Å². The maximum absolute atomic E-state index is 5.86. The van der Waals surface area contributed by atoms with E-state index in [0.717, 1.165) is 24.4 Å². The van der Waals surface area contributed by atoms with Crippen molar-refractivity contribution >= 4 is 5.69 Å². The van der Waals surface area contributed by atoms with E-state index in [0.29, 0.717) is 6.61 Å². The minimum atomic E-state index is 0.259. The third kappa shape index (κ3) is 1.82. The average Bonchev–Trinajstić information content (AvgIpc) is 2.20. The summed E-state index contributed by atoms with van der Waals surface area (Å²) in [5.41, 5.74) is 7.84. The number of hydrogen-bond acceptors (Lipinski definition) is 3.